The average molecular weight is 357 g/mol. The van der Waals surface area contributed by atoms with Crippen molar-refractivity contribution in [2.24, 2.45) is 5.92 Å². The van der Waals surface area contributed by atoms with Crippen molar-refractivity contribution in [2.45, 2.75) is 6.04 Å². The standard InChI is InChI=1S/C16H15N5OS2/c17-15-21(16-18-6-7-23-16)14(22)12(24-15)8-11-9-19-20-13(11)10-4-2-1-3-5-10/h1-8,11,13,17,19-20H,9H2/b12-8-,17-15?. The highest BCUT2D eigenvalue weighted by Crippen LogP contribution is 2.37. The molecule has 1 amide bonds. The lowest BCUT2D eigenvalue weighted by molar-refractivity contribution is -0.113. The van der Waals surface area contributed by atoms with Crippen LogP contribution in [-0.2, 0) is 4.79 Å². The molecule has 1 aromatic heterocycles. The average Bonchev–Trinajstić information content (AvgIpc) is 3.31. The Bertz CT molecular complexity index is 790. The van der Waals surface area contributed by atoms with E-state index in [2.05, 4.69) is 28.0 Å². The van der Waals surface area contributed by atoms with Crippen molar-refractivity contribution in [3.8, 4) is 0 Å². The van der Waals surface area contributed by atoms with Crippen molar-refractivity contribution in [3.05, 3.63) is 58.5 Å². The number of hydrogen-bond donors (Lipinski definition) is 3. The van der Waals surface area contributed by atoms with Gasteiger partial charge in [0.1, 0.15) is 0 Å². The third kappa shape index (κ3) is 2.78. The number of benzene rings is 1. The zero-order valence-corrected chi connectivity index (χ0v) is 14.2. The summed E-state index contributed by atoms with van der Waals surface area (Å²) in [6.07, 6.45) is 3.61. The van der Waals surface area contributed by atoms with Gasteiger partial charge in [-0.1, -0.05) is 36.4 Å². The molecule has 1 aromatic carbocycles. The van der Waals surface area contributed by atoms with Crippen LogP contribution < -0.4 is 15.8 Å². The van der Waals surface area contributed by atoms with E-state index in [0.29, 0.717) is 10.0 Å². The second-order valence-electron chi connectivity index (χ2n) is 5.47. The normalized spacial score (nSPS) is 25.8. The zero-order chi connectivity index (χ0) is 16.5. The Hall–Kier alpha value is -2.00. The summed E-state index contributed by atoms with van der Waals surface area (Å²) in [5.74, 6) is -0.0263. The molecule has 0 radical (unpaired) electrons. The molecule has 8 heteroatoms. The number of carbonyl (C=O) groups is 1. The zero-order valence-electron chi connectivity index (χ0n) is 12.6. The lowest BCUT2D eigenvalue weighted by Crippen LogP contribution is -2.28. The quantitative estimate of drug-likeness (QED) is 0.736. The smallest absolute Gasteiger partial charge is 0.272 e. The number of aromatic nitrogens is 1. The van der Waals surface area contributed by atoms with E-state index < -0.39 is 0 Å². The van der Waals surface area contributed by atoms with Crippen molar-refractivity contribution in [2.75, 3.05) is 11.4 Å². The van der Waals surface area contributed by atoms with Crippen LogP contribution in [0.2, 0.25) is 0 Å². The molecule has 0 spiro atoms. The fourth-order valence-electron chi connectivity index (χ4n) is 2.85. The van der Waals surface area contributed by atoms with E-state index in [-0.39, 0.29) is 23.0 Å². The Morgan fingerprint density at radius 2 is 2.17 bits per heavy atom. The maximum absolute atomic E-state index is 12.7. The summed E-state index contributed by atoms with van der Waals surface area (Å²) in [5.41, 5.74) is 7.61. The Kier molecular flexibility index (Phi) is 4.19. The van der Waals surface area contributed by atoms with Gasteiger partial charge < -0.3 is 0 Å². The minimum Gasteiger partial charge on any atom is -0.278 e. The molecule has 0 aliphatic carbocycles. The monoisotopic (exact) mass is 357 g/mol. The number of amides is 1. The molecular weight excluding hydrogens is 342 g/mol. The molecule has 2 aromatic rings. The first kappa shape index (κ1) is 15.5. The summed E-state index contributed by atoms with van der Waals surface area (Å²) in [6.45, 7) is 0.738. The number of nitrogens with one attached hydrogen (secondary N) is 3. The predicted octanol–water partition coefficient (Wildman–Crippen LogP) is 2.51. The van der Waals surface area contributed by atoms with Crippen molar-refractivity contribution >= 4 is 39.3 Å². The van der Waals surface area contributed by atoms with E-state index in [1.807, 2.05) is 24.3 Å². The predicted molar refractivity (Wildman–Crippen MR) is 96.8 cm³/mol. The Morgan fingerprint density at radius 1 is 1.33 bits per heavy atom. The van der Waals surface area contributed by atoms with Crippen LogP contribution in [0.5, 0.6) is 0 Å². The van der Waals surface area contributed by atoms with Crippen molar-refractivity contribution in [1.29, 1.82) is 5.41 Å². The van der Waals surface area contributed by atoms with E-state index in [4.69, 9.17) is 5.41 Å². The summed E-state index contributed by atoms with van der Waals surface area (Å²) in [6, 6.07) is 10.3. The molecule has 0 saturated carbocycles. The van der Waals surface area contributed by atoms with Crippen molar-refractivity contribution < 1.29 is 4.79 Å². The van der Waals surface area contributed by atoms with Gasteiger partial charge in [-0.05, 0) is 17.3 Å². The minimum atomic E-state index is -0.168. The van der Waals surface area contributed by atoms with Crippen LogP contribution in [0.1, 0.15) is 11.6 Å². The first-order chi connectivity index (χ1) is 11.7. The molecule has 3 N–H and O–H groups in total. The van der Waals surface area contributed by atoms with Crippen LogP contribution in [0.3, 0.4) is 0 Å². The third-order valence-electron chi connectivity index (χ3n) is 3.98. The largest absolute Gasteiger partial charge is 0.278 e. The van der Waals surface area contributed by atoms with Gasteiger partial charge in [0.15, 0.2) is 10.3 Å². The lowest BCUT2D eigenvalue weighted by atomic mass is 9.94. The number of anilines is 1. The van der Waals surface area contributed by atoms with Crippen LogP contribution in [0.4, 0.5) is 5.13 Å². The molecule has 4 rings (SSSR count). The van der Waals surface area contributed by atoms with Gasteiger partial charge >= 0.3 is 0 Å². The van der Waals surface area contributed by atoms with Crippen molar-refractivity contribution in [3.63, 3.8) is 0 Å². The van der Waals surface area contributed by atoms with E-state index in [9.17, 15) is 4.79 Å². The summed E-state index contributed by atoms with van der Waals surface area (Å²) >= 11 is 2.55. The summed E-state index contributed by atoms with van der Waals surface area (Å²) < 4.78 is 0. The van der Waals surface area contributed by atoms with E-state index >= 15 is 0 Å². The minimum absolute atomic E-state index is 0.107. The Morgan fingerprint density at radius 3 is 2.92 bits per heavy atom. The van der Waals surface area contributed by atoms with Gasteiger partial charge in [-0.25, -0.2) is 15.3 Å². The number of hydrogen-bond acceptors (Lipinski definition) is 7. The topological polar surface area (TPSA) is 81.1 Å². The van der Waals surface area contributed by atoms with Crippen LogP contribution >= 0.6 is 23.1 Å². The molecular formula is C16H15N5OS2. The highest BCUT2D eigenvalue weighted by molar-refractivity contribution is 8.19. The highest BCUT2D eigenvalue weighted by atomic mass is 32.2. The maximum Gasteiger partial charge on any atom is 0.272 e. The number of amidine groups is 1. The SMILES string of the molecule is N=C1S/C(=C\C2CNNC2c2ccccc2)C(=O)N1c1nccs1. The number of thioether (sulfide) groups is 1. The fourth-order valence-corrected chi connectivity index (χ4v) is 4.45. The molecule has 2 fully saturated rings. The first-order valence-electron chi connectivity index (χ1n) is 7.49. The van der Waals surface area contributed by atoms with Gasteiger partial charge in [-0.15, -0.1) is 11.3 Å². The van der Waals surface area contributed by atoms with Gasteiger partial charge in [-0.3, -0.25) is 15.6 Å². The maximum atomic E-state index is 12.7. The molecule has 2 aliphatic heterocycles. The number of rotatable bonds is 3. The molecule has 2 aliphatic rings. The highest BCUT2D eigenvalue weighted by Gasteiger charge is 2.37. The van der Waals surface area contributed by atoms with E-state index in [1.54, 1.807) is 11.6 Å². The molecule has 3 heterocycles. The van der Waals surface area contributed by atoms with Crippen LogP contribution in [0.25, 0.3) is 0 Å². The van der Waals surface area contributed by atoms with E-state index in [0.717, 1.165) is 6.54 Å². The molecule has 0 bridgehead atoms. The molecule has 6 nitrogen and oxygen atoms in total. The Labute approximate surface area is 147 Å². The summed E-state index contributed by atoms with van der Waals surface area (Å²) in [5, 5.41) is 10.6. The van der Waals surface area contributed by atoms with Crippen molar-refractivity contribution in [1.82, 2.24) is 15.8 Å². The summed E-state index contributed by atoms with van der Waals surface area (Å²) in [7, 11) is 0. The Balaban J connectivity index is 1.59. The molecule has 122 valence electrons. The van der Waals surface area contributed by atoms with Crippen LogP contribution in [-0.4, -0.2) is 22.6 Å². The first-order valence-corrected chi connectivity index (χ1v) is 9.19. The second kappa shape index (κ2) is 6.48. The third-order valence-corrected chi connectivity index (χ3v) is 5.64. The molecule has 2 atom stereocenters. The van der Waals surface area contributed by atoms with Gasteiger partial charge in [0.2, 0.25) is 0 Å². The van der Waals surface area contributed by atoms with Gasteiger partial charge in [0.25, 0.3) is 5.91 Å². The molecule has 24 heavy (non-hydrogen) atoms. The van der Waals surface area contributed by atoms with Gasteiger partial charge in [0.05, 0.1) is 10.9 Å². The van der Waals surface area contributed by atoms with Gasteiger partial charge in [0, 0.05) is 24.0 Å². The van der Waals surface area contributed by atoms with E-state index in [1.165, 1.54) is 33.6 Å². The number of hydrazine groups is 1. The number of carbonyl (C=O) groups excluding carboxylic acids is 1. The lowest BCUT2D eigenvalue weighted by Gasteiger charge is -2.16. The summed E-state index contributed by atoms with van der Waals surface area (Å²) in [4.78, 5) is 18.8. The van der Waals surface area contributed by atoms with Gasteiger partial charge in [-0.2, -0.15) is 0 Å². The van der Waals surface area contributed by atoms with Crippen LogP contribution in [0, 0.1) is 11.3 Å². The second-order valence-corrected chi connectivity index (χ2v) is 7.37. The fraction of sp³-hybridized carbons (Fsp3) is 0.188. The molecule has 2 saturated heterocycles. The number of thiazole rings is 1. The van der Waals surface area contributed by atoms with Crippen LogP contribution in [0.15, 0.2) is 52.9 Å². The molecule has 2 unspecified atom stereocenters. The number of nitrogens with zero attached hydrogens (tertiary/aromatic N) is 2.